The molecule has 3 heteroatoms. The van der Waals surface area contributed by atoms with E-state index in [0.29, 0.717) is 0 Å². The molecule has 0 saturated carbocycles. The summed E-state index contributed by atoms with van der Waals surface area (Å²) in [5.74, 6) is -0.167. The molecule has 1 radical (unpaired) electrons. The summed E-state index contributed by atoms with van der Waals surface area (Å²) in [4.78, 5) is 0. The molecule has 0 fully saturated rings. The molecule has 0 unspecified atom stereocenters. The number of hydrogen-bond donors (Lipinski definition) is 0. The van der Waals surface area contributed by atoms with Crippen LogP contribution in [0.25, 0.3) is 10.8 Å². The summed E-state index contributed by atoms with van der Waals surface area (Å²) in [5.41, 5.74) is 1.44. The largest absolute Gasteiger partial charge is 3.00 e. The van der Waals surface area contributed by atoms with Gasteiger partial charge in [0.25, 0.3) is 0 Å². The number of fused-ring (bicyclic) bond motifs is 1. The van der Waals surface area contributed by atoms with Gasteiger partial charge in [-0.15, -0.1) is 65.3 Å². The molecule has 105 valence electrons. The zero-order valence-electron chi connectivity index (χ0n) is 12.4. The van der Waals surface area contributed by atoms with Crippen molar-refractivity contribution < 1.29 is 31.9 Å². The Kier molecular flexibility index (Phi) is 12.0. The van der Waals surface area contributed by atoms with Gasteiger partial charge in [0.1, 0.15) is 0 Å². The van der Waals surface area contributed by atoms with E-state index in [1.165, 1.54) is 30.2 Å². The second-order valence-electron chi connectivity index (χ2n) is 4.25. The van der Waals surface area contributed by atoms with Crippen LogP contribution >= 0.6 is 0 Å². The Labute approximate surface area is 136 Å². The van der Waals surface area contributed by atoms with Gasteiger partial charge >= 0.3 is 21.7 Å². The van der Waals surface area contributed by atoms with E-state index in [4.69, 9.17) is 0 Å². The SMILES string of the molecule is C=C(C)[O-].C=C(C)[O-].CCc1cc2ccccc2[cH-]1.[Ti+3]. The van der Waals surface area contributed by atoms with Gasteiger partial charge in [0.15, 0.2) is 0 Å². The molecule has 20 heavy (non-hydrogen) atoms. The van der Waals surface area contributed by atoms with Crippen LogP contribution in [-0.2, 0) is 28.1 Å². The molecule has 2 nitrogen and oxygen atoms in total. The molecule has 0 saturated heterocycles. The van der Waals surface area contributed by atoms with Gasteiger partial charge in [-0.3, -0.25) is 0 Å². The number of allylic oxidation sites excluding steroid dienone is 2. The maximum absolute atomic E-state index is 9.33. The van der Waals surface area contributed by atoms with Crippen LogP contribution < -0.4 is 10.2 Å². The second kappa shape index (κ2) is 11.5. The van der Waals surface area contributed by atoms with Crippen LogP contribution in [0.4, 0.5) is 0 Å². The predicted octanol–water partition coefficient (Wildman–Crippen LogP) is 2.88. The Morgan fingerprint density at radius 1 is 1.10 bits per heavy atom. The van der Waals surface area contributed by atoms with Gasteiger partial charge in [-0.2, -0.15) is 6.07 Å². The minimum absolute atomic E-state index is 0. The normalized spacial score (nSPS) is 8.35. The third-order valence-electron chi connectivity index (χ3n) is 2.09. The smallest absolute Gasteiger partial charge is 0.876 e. The molecule has 0 bridgehead atoms. The van der Waals surface area contributed by atoms with E-state index in [1.807, 2.05) is 0 Å². The van der Waals surface area contributed by atoms with E-state index < -0.39 is 0 Å². The van der Waals surface area contributed by atoms with Gasteiger partial charge in [0.2, 0.25) is 0 Å². The molecule has 0 heterocycles. The van der Waals surface area contributed by atoms with Crippen molar-refractivity contribution in [3.63, 3.8) is 0 Å². The molecule has 2 aromatic carbocycles. The van der Waals surface area contributed by atoms with Crippen molar-refractivity contribution in [3.05, 3.63) is 66.6 Å². The van der Waals surface area contributed by atoms with Crippen molar-refractivity contribution >= 4 is 10.8 Å². The molecular weight excluding hydrogens is 284 g/mol. The van der Waals surface area contributed by atoms with Gasteiger partial charge in [-0.1, -0.05) is 26.8 Å². The van der Waals surface area contributed by atoms with Crippen molar-refractivity contribution in [1.29, 1.82) is 0 Å². The number of rotatable bonds is 1. The van der Waals surface area contributed by atoms with Crippen molar-refractivity contribution in [2.75, 3.05) is 0 Å². The topological polar surface area (TPSA) is 46.1 Å². The summed E-state index contributed by atoms with van der Waals surface area (Å²) in [7, 11) is 0. The maximum atomic E-state index is 9.33. The zero-order chi connectivity index (χ0) is 14.8. The molecular formula is C17H21O2Ti. The molecule has 0 atom stereocenters. The Balaban J connectivity index is 0. The summed E-state index contributed by atoms with van der Waals surface area (Å²) >= 11 is 0. The Hall–Kier alpha value is -1.38. The minimum Gasteiger partial charge on any atom is -0.876 e. The van der Waals surface area contributed by atoms with Gasteiger partial charge in [-0.25, -0.2) is 0 Å². The van der Waals surface area contributed by atoms with Crippen LogP contribution in [-0.4, -0.2) is 0 Å². The molecule has 0 spiro atoms. The average Bonchev–Trinajstić information content (AvgIpc) is 2.70. The molecule has 2 rings (SSSR count). The second-order valence-corrected chi connectivity index (χ2v) is 4.25. The Morgan fingerprint density at radius 2 is 1.55 bits per heavy atom. The van der Waals surface area contributed by atoms with E-state index in [0.717, 1.165) is 6.42 Å². The van der Waals surface area contributed by atoms with Crippen LogP contribution in [0.3, 0.4) is 0 Å². The zero-order valence-corrected chi connectivity index (χ0v) is 14.0. The fourth-order valence-corrected chi connectivity index (χ4v) is 1.42. The van der Waals surface area contributed by atoms with Crippen LogP contribution in [0.5, 0.6) is 0 Å². The molecule has 2 aromatic rings. The van der Waals surface area contributed by atoms with Crippen LogP contribution in [0.1, 0.15) is 26.3 Å². The molecule has 0 aromatic heterocycles. The van der Waals surface area contributed by atoms with Gasteiger partial charge < -0.3 is 10.2 Å². The van der Waals surface area contributed by atoms with Crippen LogP contribution in [0.15, 0.2) is 61.1 Å². The summed E-state index contributed by atoms with van der Waals surface area (Å²) in [6.45, 7) is 11.0. The fraction of sp³-hybridized carbons (Fsp3) is 0.235. The van der Waals surface area contributed by atoms with Gasteiger partial charge in [-0.05, 0) is 6.42 Å². The summed E-state index contributed by atoms with van der Waals surface area (Å²) < 4.78 is 0. The third-order valence-corrected chi connectivity index (χ3v) is 2.09. The molecule has 0 aliphatic carbocycles. The monoisotopic (exact) mass is 305 g/mol. The third kappa shape index (κ3) is 10.5. The number of hydrogen-bond acceptors (Lipinski definition) is 2. The summed E-state index contributed by atoms with van der Waals surface area (Å²) in [5, 5.41) is 21.4. The van der Waals surface area contributed by atoms with E-state index in [2.05, 4.69) is 56.5 Å². The molecule has 0 amide bonds. The molecule has 0 aliphatic heterocycles. The quantitative estimate of drug-likeness (QED) is 0.462. The first-order chi connectivity index (χ1) is 8.86. The Morgan fingerprint density at radius 3 is 1.95 bits per heavy atom. The number of aryl methyl sites for hydroxylation is 1. The van der Waals surface area contributed by atoms with Gasteiger partial charge in [0.05, 0.1) is 0 Å². The van der Waals surface area contributed by atoms with E-state index in [1.54, 1.807) is 0 Å². The van der Waals surface area contributed by atoms with Crippen molar-refractivity contribution in [2.45, 2.75) is 27.2 Å². The van der Waals surface area contributed by atoms with E-state index in [9.17, 15) is 10.2 Å². The standard InChI is InChI=1S/C11H11.2C3H6O.Ti/c1-2-9-7-10-5-3-4-6-11(10)8-9;2*1-3(2)4;/h3-8H,2H2,1H3;2*4H,1H2,2H3;/q-1;;;+3/p-2. The fourth-order valence-electron chi connectivity index (χ4n) is 1.42. The first kappa shape index (κ1) is 20.9. The van der Waals surface area contributed by atoms with Crippen LogP contribution in [0, 0.1) is 0 Å². The van der Waals surface area contributed by atoms with Crippen LogP contribution in [0.2, 0.25) is 0 Å². The van der Waals surface area contributed by atoms with Gasteiger partial charge in [0, 0.05) is 0 Å². The average molecular weight is 305 g/mol. The minimum atomic E-state index is -0.0833. The summed E-state index contributed by atoms with van der Waals surface area (Å²) in [6.07, 6.45) is 1.13. The maximum Gasteiger partial charge on any atom is 3.00 e. The summed E-state index contributed by atoms with van der Waals surface area (Å²) in [6, 6.07) is 13.0. The molecule has 0 N–H and O–H groups in total. The Bertz CT molecular complexity index is 474. The number of benzene rings is 1. The predicted molar refractivity (Wildman–Crippen MR) is 78.5 cm³/mol. The first-order valence-corrected chi connectivity index (χ1v) is 6.16. The van der Waals surface area contributed by atoms with E-state index in [-0.39, 0.29) is 33.2 Å². The van der Waals surface area contributed by atoms with Crippen molar-refractivity contribution in [3.8, 4) is 0 Å². The van der Waals surface area contributed by atoms with Crippen molar-refractivity contribution in [2.24, 2.45) is 0 Å². The van der Waals surface area contributed by atoms with E-state index >= 15 is 0 Å². The molecule has 0 aliphatic rings. The first-order valence-electron chi connectivity index (χ1n) is 6.16. The van der Waals surface area contributed by atoms with Crippen molar-refractivity contribution in [1.82, 2.24) is 0 Å².